The molecule has 0 fully saturated rings. The zero-order valence-corrected chi connectivity index (χ0v) is 10.9. The van der Waals surface area contributed by atoms with Crippen molar-refractivity contribution in [1.82, 2.24) is 10.2 Å². The van der Waals surface area contributed by atoms with Crippen LogP contribution in [0.2, 0.25) is 0 Å². The molecule has 1 aromatic rings. The van der Waals surface area contributed by atoms with E-state index in [-0.39, 0.29) is 10.8 Å². The second-order valence-electron chi connectivity index (χ2n) is 4.68. The SMILES string of the molecule is CC(Cl)c1nnc(C(C)C(C)(C)C)s1. The van der Waals surface area contributed by atoms with Crippen LogP contribution in [0.3, 0.4) is 0 Å². The van der Waals surface area contributed by atoms with E-state index >= 15 is 0 Å². The van der Waals surface area contributed by atoms with E-state index < -0.39 is 0 Å². The van der Waals surface area contributed by atoms with Gasteiger partial charge in [0.15, 0.2) is 0 Å². The Morgan fingerprint density at radius 2 is 1.64 bits per heavy atom. The Hall–Kier alpha value is -0.150. The van der Waals surface area contributed by atoms with Crippen molar-refractivity contribution >= 4 is 22.9 Å². The van der Waals surface area contributed by atoms with Gasteiger partial charge in [0.1, 0.15) is 10.0 Å². The van der Waals surface area contributed by atoms with Gasteiger partial charge in [0, 0.05) is 5.92 Å². The fraction of sp³-hybridized carbons (Fsp3) is 0.800. The average Bonchev–Trinajstić information content (AvgIpc) is 2.48. The van der Waals surface area contributed by atoms with E-state index in [2.05, 4.69) is 37.9 Å². The Labute approximate surface area is 94.7 Å². The van der Waals surface area contributed by atoms with Crippen LogP contribution in [-0.4, -0.2) is 10.2 Å². The molecule has 1 heterocycles. The van der Waals surface area contributed by atoms with Crippen molar-refractivity contribution in [2.75, 3.05) is 0 Å². The van der Waals surface area contributed by atoms with Crippen LogP contribution in [0, 0.1) is 5.41 Å². The van der Waals surface area contributed by atoms with Crippen molar-refractivity contribution in [2.24, 2.45) is 5.41 Å². The Morgan fingerprint density at radius 3 is 2.00 bits per heavy atom. The third-order valence-electron chi connectivity index (χ3n) is 2.47. The van der Waals surface area contributed by atoms with E-state index in [0.29, 0.717) is 5.92 Å². The first kappa shape index (κ1) is 11.9. The molecule has 1 aromatic heterocycles. The number of hydrogen-bond donors (Lipinski definition) is 0. The number of hydrogen-bond acceptors (Lipinski definition) is 3. The van der Waals surface area contributed by atoms with Crippen molar-refractivity contribution in [3.63, 3.8) is 0 Å². The molecule has 2 nitrogen and oxygen atoms in total. The topological polar surface area (TPSA) is 25.8 Å². The molecule has 2 atom stereocenters. The van der Waals surface area contributed by atoms with Gasteiger partial charge in [-0.15, -0.1) is 21.8 Å². The Kier molecular flexibility index (Phi) is 3.53. The van der Waals surface area contributed by atoms with E-state index in [1.54, 1.807) is 11.3 Å². The molecule has 2 unspecified atom stereocenters. The van der Waals surface area contributed by atoms with Gasteiger partial charge in [-0.3, -0.25) is 0 Å². The van der Waals surface area contributed by atoms with Crippen LogP contribution in [0.5, 0.6) is 0 Å². The number of nitrogens with zero attached hydrogens (tertiary/aromatic N) is 2. The van der Waals surface area contributed by atoms with E-state index in [0.717, 1.165) is 10.0 Å². The maximum absolute atomic E-state index is 5.94. The average molecular weight is 233 g/mol. The van der Waals surface area contributed by atoms with Gasteiger partial charge in [-0.1, -0.05) is 39.0 Å². The van der Waals surface area contributed by atoms with E-state index in [1.165, 1.54) is 0 Å². The maximum Gasteiger partial charge on any atom is 0.135 e. The Morgan fingerprint density at radius 1 is 1.14 bits per heavy atom. The molecule has 0 saturated carbocycles. The van der Waals surface area contributed by atoms with Gasteiger partial charge in [0.2, 0.25) is 0 Å². The summed E-state index contributed by atoms with van der Waals surface area (Å²) >= 11 is 7.57. The lowest BCUT2D eigenvalue weighted by Gasteiger charge is -2.24. The summed E-state index contributed by atoms with van der Waals surface area (Å²) in [6.45, 7) is 10.7. The molecule has 0 aliphatic heterocycles. The molecule has 0 aliphatic carbocycles. The van der Waals surface area contributed by atoms with Crippen molar-refractivity contribution < 1.29 is 0 Å². The molecule has 0 bridgehead atoms. The first-order chi connectivity index (χ1) is 6.32. The molecule has 0 radical (unpaired) electrons. The second-order valence-corrected chi connectivity index (χ2v) is 6.38. The molecular formula is C10H17ClN2S. The van der Waals surface area contributed by atoms with Crippen LogP contribution in [0.25, 0.3) is 0 Å². The molecular weight excluding hydrogens is 216 g/mol. The van der Waals surface area contributed by atoms with Crippen molar-refractivity contribution in [3.05, 3.63) is 10.0 Å². The summed E-state index contributed by atoms with van der Waals surface area (Å²) in [4.78, 5) is 0. The predicted molar refractivity (Wildman–Crippen MR) is 62.0 cm³/mol. The molecule has 1 rings (SSSR count). The van der Waals surface area contributed by atoms with Gasteiger partial charge in [-0.25, -0.2) is 0 Å². The predicted octanol–water partition coefficient (Wildman–Crippen LogP) is 3.99. The molecule has 0 aromatic carbocycles. The summed E-state index contributed by atoms with van der Waals surface area (Å²) in [6, 6.07) is 0. The molecule has 0 saturated heterocycles. The fourth-order valence-corrected chi connectivity index (χ4v) is 2.20. The Bertz CT molecular complexity index is 301. The van der Waals surface area contributed by atoms with Crippen molar-refractivity contribution in [3.8, 4) is 0 Å². The minimum Gasteiger partial charge on any atom is -0.143 e. The smallest absolute Gasteiger partial charge is 0.135 e. The lowest BCUT2D eigenvalue weighted by molar-refractivity contribution is 0.337. The zero-order chi connectivity index (χ0) is 10.9. The maximum atomic E-state index is 5.94. The van der Waals surface area contributed by atoms with Crippen LogP contribution in [0.4, 0.5) is 0 Å². The first-order valence-corrected chi connectivity index (χ1v) is 6.05. The van der Waals surface area contributed by atoms with E-state index in [4.69, 9.17) is 11.6 Å². The second kappa shape index (κ2) is 4.15. The third kappa shape index (κ3) is 2.67. The lowest BCUT2D eigenvalue weighted by atomic mass is 9.83. The van der Waals surface area contributed by atoms with Gasteiger partial charge in [0.05, 0.1) is 5.38 Å². The molecule has 80 valence electrons. The highest BCUT2D eigenvalue weighted by Crippen LogP contribution is 2.37. The van der Waals surface area contributed by atoms with Gasteiger partial charge < -0.3 is 0 Å². The van der Waals surface area contributed by atoms with Crippen LogP contribution in [-0.2, 0) is 0 Å². The molecule has 14 heavy (non-hydrogen) atoms. The summed E-state index contributed by atoms with van der Waals surface area (Å²) in [5.41, 5.74) is 0.229. The molecule has 0 spiro atoms. The largest absolute Gasteiger partial charge is 0.143 e. The quantitative estimate of drug-likeness (QED) is 0.721. The number of alkyl halides is 1. The summed E-state index contributed by atoms with van der Waals surface area (Å²) < 4.78 is 0. The molecule has 0 N–H and O–H groups in total. The highest BCUT2D eigenvalue weighted by molar-refractivity contribution is 7.11. The van der Waals surface area contributed by atoms with Crippen LogP contribution in [0.1, 0.15) is 55.9 Å². The van der Waals surface area contributed by atoms with Crippen molar-refractivity contribution in [2.45, 2.75) is 45.9 Å². The summed E-state index contributed by atoms with van der Waals surface area (Å²) in [6.07, 6.45) is 0. The highest BCUT2D eigenvalue weighted by Gasteiger charge is 2.25. The number of rotatable bonds is 2. The minimum atomic E-state index is -0.0339. The first-order valence-electron chi connectivity index (χ1n) is 4.79. The van der Waals surface area contributed by atoms with Crippen molar-refractivity contribution in [1.29, 1.82) is 0 Å². The van der Waals surface area contributed by atoms with Gasteiger partial charge >= 0.3 is 0 Å². The lowest BCUT2D eigenvalue weighted by Crippen LogP contribution is -2.14. The Balaban J connectivity index is 2.87. The van der Waals surface area contributed by atoms with Gasteiger partial charge in [-0.05, 0) is 12.3 Å². The summed E-state index contributed by atoms with van der Waals surface area (Å²) in [5, 5.41) is 10.2. The fourth-order valence-electron chi connectivity index (χ4n) is 0.953. The number of aromatic nitrogens is 2. The highest BCUT2D eigenvalue weighted by atomic mass is 35.5. The monoisotopic (exact) mass is 232 g/mol. The van der Waals surface area contributed by atoms with Crippen LogP contribution < -0.4 is 0 Å². The molecule has 0 aliphatic rings. The summed E-state index contributed by atoms with van der Waals surface area (Å²) in [5.74, 6) is 0.421. The third-order valence-corrected chi connectivity index (χ3v) is 4.09. The standard InChI is InChI=1S/C10H17ClN2S/c1-6(10(3,4)5)8-12-13-9(14-8)7(2)11/h6-7H,1-5H3. The molecule has 0 amide bonds. The summed E-state index contributed by atoms with van der Waals surface area (Å²) in [7, 11) is 0. The number of halogens is 1. The van der Waals surface area contributed by atoms with Crippen LogP contribution in [0.15, 0.2) is 0 Å². The van der Waals surface area contributed by atoms with Gasteiger partial charge in [0.25, 0.3) is 0 Å². The van der Waals surface area contributed by atoms with Crippen LogP contribution >= 0.6 is 22.9 Å². The van der Waals surface area contributed by atoms with Gasteiger partial charge in [-0.2, -0.15) is 0 Å². The minimum absolute atomic E-state index is 0.0339. The zero-order valence-electron chi connectivity index (χ0n) is 9.34. The normalized spacial score (nSPS) is 16.7. The van der Waals surface area contributed by atoms with E-state index in [9.17, 15) is 0 Å². The molecule has 4 heteroatoms. The van der Waals surface area contributed by atoms with E-state index in [1.807, 2.05) is 6.92 Å².